The number of nitrogens with zero attached hydrogens (tertiary/aromatic N) is 5. The normalized spacial score (nSPS) is 21.4. The number of nitrogens with one attached hydrogen (secondary N) is 1. The van der Waals surface area contributed by atoms with Crippen molar-refractivity contribution < 1.29 is 19.1 Å². The highest BCUT2D eigenvalue weighted by atomic mass is 35.5. The van der Waals surface area contributed by atoms with E-state index in [1.54, 1.807) is 22.3 Å². The van der Waals surface area contributed by atoms with E-state index in [2.05, 4.69) is 22.2 Å². The van der Waals surface area contributed by atoms with Crippen molar-refractivity contribution in [2.45, 2.75) is 63.8 Å². The largest absolute Gasteiger partial charge is 0.436 e. The predicted octanol–water partition coefficient (Wildman–Crippen LogP) is 4.09. The minimum absolute atomic E-state index is 0.0308. The Labute approximate surface area is 274 Å². The van der Waals surface area contributed by atoms with Crippen LogP contribution < -0.4 is 11.1 Å². The summed E-state index contributed by atoms with van der Waals surface area (Å²) in [6.45, 7) is 8.90. The average molecular weight is 658 g/mol. The molecule has 0 aliphatic carbocycles. The maximum Gasteiger partial charge on any atom is 0.410 e. The Kier molecular flexibility index (Phi) is 9.74. The van der Waals surface area contributed by atoms with Crippen molar-refractivity contribution in [3.8, 4) is 0 Å². The number of likely N-dealkylation sites (N-methyl/N-ethyl adjacent to an activating group) is 1. The maximum atomic E-state index is 14.0. The SMILES string of the molecule is Cc1cc(C[C@@H](OC(=O)N2CCC(N3Cc4sccc4NC3=O)CC2)C(=O)N2CCC(N3CCN(C)CC3)CC2)cc(Cl)c1N. The molecule has 4 amide bonds. The lowest BCUT2D eigenvalue weighted by molar-refractivity contribution is -0.142. The molecule has 2 aromatic rings. The van der Waals surface area contributed by atoms with E-state index >= 15 is 0 Å². The number of nitrogens with two attached hydrogens (primary N) is 1. The smallest absolute Gasteiger partial charge is 0.410 e. The Bertz CT molecular complexity index is 1370. The van der Waals surface area contributed by atoms with Gasteiger partial charge >= 0.3 is 12.1 Å². The Morgan fingerprint density at radius 2 is 1.69 bits per heavy atom. The number of carbonyl (C=O) groups excluding carboxylic acids is 3. The molecule has 0 radical (unpaired) electrons. The van der Waals surface area contributed by atoms with Gasteiger partial charge < -0.3 is 35.4 Å². The molecule has 0 saturated carbocycles. The molecule has 0 unspecified atom stereocenters. The number of fused-ring (bicyclic) bond motifs is 1. The van der Waals surface area contributed by atoms with E-state index in [4.69, 9.17) is 22.1 Å². The summed E-state index contributed by atoms with van der Waals surface area (Å²) >= 11 is 8.03. The van der Waals surface area contributed by atoms with Gasteiger partial charge in [-0.25, -0.2) is 9.59 Å². The van der Waals surface area contributed by atoms with Crippen LogP contribution in [0.4, 0.5) is 21.0 Å². The van der Waals surface area contributed by atoms with Gasteiger partial charge in [-0.15, -0.1) is 11.3 Å². The van der Waals surface area contributed by atoms with Crippen LogP contribution in [0.3, 0.4) is 0 Å². The third-order valence-electron chi connectivity index (χ3n) is 9.89. The summed E-state index contributed by atoms with van der Waals surface area (Å²) in [6, 6.07) is 6.00. The standard InChI is InChI=1S/C32H44ClN7O4S/c1-21-17-22(18-25(33)29(21)34)19-27(30(41)38-8-3-23(4-9-38)37-14-12-36(2)13-15-37)44-32(43)39-10-5-24(6-11-39)40-20-28-26(7-16-45-28)35-31(40)42/h7,16-18,23-24,27H,3-6,8-15,19-20,34H2,1-2H3,(H,35,42)/t27-/m1/s1. The van der Waals surface area contributed by atoms with Crippen LogP contribution in [0.5, 0.6) is 0 Å². The fourth-order valence-corrected chi connectivity index (χ4v) is 8.14. The van der Waals surface area contributed by atoms with Crippen LogP contribution in [0.15, 0.2) is 23.6 Å². The van der Waals surface area contributed by atoms with E-state index in [0.717, 1.165) is 60.7 Å². The third-order valence-corrected chi connectivity index (χ3v) is 11.1. The van der Waals surface area contributed by atoms with Crippen LogP contribution in [0.1, 0.15) is 41.7 Å². The van der Waals surface area contributed by atoms with Gasteiger partial charge in [0, 0.05) is 75.7 Å². The van der Waals surface area contributed by atoms with Gasteiger partial charge in [0.25, 0.3) is 5.91 Å². The van der Waals surface area contributed by atoms with E-state index in [9.17, 15) is 14.4 Å². The summed E-state index contributed by atoms with van der Waals surface area (Å²) in [6.07, 6.45) is 1.86. The van der Waals surface area contributed by atoms with Crippen LogP contribution in [-0.2, 0) is 22.5 Å². The summed E-state index contributed by atoms with van der Waals surface area (Å²) in [7, 11) is 2.16. The number of benzene rings is 1. The molecule has 0 bridgehead atoms. The zero-order valence-corrected chi connectivity index (χ0v) is 27.7. The minimum Gasteiger partial charge on any atom is -0.436 e. The molecule has 6 rings (SSSR count). The molecule has 1 atom stereocenters. The minimum atomic E-state index is -0.973. The number of amides is 4. The molecule has 0 spiro atoms. The molecule has 3 saturated heterocycles. The first-order valence-electron chi connectivity index (χ1n) is 16.0. The highest BCUT2D eigenvalue weighted by Gasteiger charge is 2.37. The van der Waals surface area contributed by atoms with Crippen molar-refractivity contribution in [2.75, 3.05) is 70.5 Å². The zero-order valence-electron chi connectivity index (χ0n) is 26.2. The first kappa shape index (κ1) is 31.9. The van der Waals surface area contributed by atoms with Crippen LogP contribution in [0, 0.1) is 6.92 Å². The first-order chi connectivity index (χ1) is 21.7. The van der Waals surface area contributed by atoms with Crippen molar-refractivity contribution in [2.24, 2.45) is 0 Å². The molecule has 3 N–H and O–H groups in total. The number of thiophene rings is 1. The maximum absolute atomic E-state index is 14.0. The second-order valence-electron chi connectivity index (χ2n) is 12.8. The Balaban J connectivity index is 1.09. The number of likely N-dealkylation sites (tertiary alicyclic amines) is 2. The highest BCUT2D eigenvalue weighted by molar-refractivity contribution is 7.10. The van der Waals surface area contributed by atoms with Gasteiger partial charge in [0.2, 0.25) is 0 Å². The van der Waals surface area contributed by atoms with Gasteiger partial charge in [-0.1, -0.05) is 17.7 Å². The van der Waals surface area contributed by atoms with Crippen molar-refractivity contribution in [3.05, 3.63) is 44.6 Å². The Morgan fingerprint density at radius 3 is 2.38 bits per heavy atom. The number of carbonyl (C=O) groups is 3. The molecule has 1 aromatic heterocycles. The number of anilines is 2. The fourth-order valence-electron chi connectivity index (χ4n) is 7.02. The number of hydrogen-bond donors (Lipinski definition) is 2. The lowest BCUT2D eigenvalue weighted by atomic mass is 9.99. The van der Waals surface area contributed by atoms with E-state index in [-0.39, 0.29) is 24.4 Å². The third kappa shape index (κ3) is 7.19. The lowest BCUT2D eigenvalue weighted by Crippen LogP contribution is -2.54. The molecule has 5 heterocycles. The van der Waals surface area contributed by atoms with Gasteiger partial charge in [-0.3, -0.25) is 9.69 Å². The number of piperidine rings is 2. The van der Waals surface area contributed by atoms with Crippen molar-refractivity contribution in [1.82, 2.24) is 24.5 Å². The number of halogens is 1. The molecule has 45 heavy (non-hydrogen) atoms. The highest BCUT2D eigenvalue weighted by Crippen LogP contribution is 2.32. The summed E-state index contributed by atoms with van der Waals surface area (Å²) in [4.78, 5) is 51.7. The first-order valence-corrected chi connectivity index (χ1v) is 17.3. The van der Waals surface area contributed by atoms with Crippen LogP contribution >= 0.6 is 22.9 Å². The topological polar surface area (TPSA) is 115 Å². The fraction of sp³-hybridized carbons (Fsp3) is 0.594. The van der Waals surface area contributed by atoms with Gasteiger partial charge in [0.05, 0.1) is 22.9 Å². The van der Waals surface area contributed by atoms with E-state index < -0.39 is 12.2 Å². The molecule has 4 aliphatic heterocycles. The number of rotatable bonds is 6. The number of piperazine rings is 1. The zero-order chi connectivity index (χ0) is 31.7. The van der Waals surface area contributed by atoms with Gasteiger partial charge in [-0.2, -0.15) is 0 Å². The summed E-state index contributed by atoms with van der Waals surface area (Å²) < 4.78 is 6.03. The predicted molar refractivity (Wildman–Crippen MR) is 177 cm³/mol. The molecular weight excluding hydrogens is 614 g/mol. The number of hydrogen-bond acceptors (Lipinski definition) is 8. The van der Waals surface area contributed by atoms with Crippen LogP contribution in [0.2, 0.25) is 5.02 Å². The second kappa shape index (κ2) is 13.7. The second-order valence-corrected chi connectivity index (χ2v) is 14.2. The van der Waals surface area contributed by atoms with E-state index in [1.165, 1.54) is 0 Å². The summed E-state index contributed by atoms with van der Waals surface area (Å²) in [5, 5.41) is 5.39. The van der Waals surface area contributed by atoms with Crippen LogP contribution in [0.25, 0.3) is 0 Å². The van der Waals surface area contributed by atoms with Crippen molar-refractivity contribution in [3.63, 3.8) is 0 Å². The van der Waals surface area contributed by atoms with E-state index in [0.29, 0.717) is 62.3 Å². The Morgan fingerprint density at radius 1 is 1.02 bits per heavy atom. The average Bonchev–Trinajstić information content (AvgIpc) is 3.50. The lowest BCUT2D eigenvalue weighted by Gasteiger charge is -2.42. The van der Waals surface area contributed by atoms with Crippen molar-refractivity contribution >= 4 is 52.3 Å². The van der Waals surface area contributed by atoms with Crippen LogP contribution in [-0.4, -0.2) is 120 Å². The molecule has 1 aromatic carbocycles. The monoisotopic (exact) mass is 657 g/mol. The van der Waals surface area contributed by atoms with Gasteiger partial charge in [0.1, 0.15) is 0 Å². The number of urea groups is 1. The molecule has 13 heteroatoms. The van der Waals surface area contributed by atoms with Crippen molar-refractivity contribution in [1.29, 1.82) is 0 Å². The summed E-state index contributed by atoms with van der Waals surface area (Å²) in [5.74, 6) is -0.169. The number of nitrogen functional groups attached to an aromatic ring is 1. The van der Waals surface area contributed by atoms with Gasteiger partial charge in [-0.05, 0) is 68.3 Å². The molecular formula is C32H44ClN7O4S. The summed E-state index contributed by atoms with van der Waals surface area (Å²) in [5.41, 5.74) is 9.09. The quantitative estimate of drug-likeness (QED) is 0.450. The molecule has 11 nitrogen and oxygen atoms in total. The molecule has 4 aliphatic rings. The number of aryl methyl sites for hydroxylation is 1. The number of ether oxygens (including phenoxy) is 1. The molecule has 244 valence electrons. The molecule has 3 fully saturated rings. The Hall–Kier alpha value is -3.06. The van der Waals surface area contributed by atoms with Gasteiger partial charge in [0.15, 0.2) is 6.10 Å². The van der Waals surface area contributed by atoms with E-state index in [1.807, 2.05) is 34.2 Å².